The summed E-state index contributed by atoms with van der Waals surface area (Å²) in [5.41, 5.74) is 4.97. The third-order valence-electron chi connectivity index (χ3n) is 12.8. The highest BCUT2D eigenvalue weighted by Crippen LogP contribution is 2.67. The van der Waals surface area contributed by atoms with Gasteiger partial charge in [0.25, 0.3) is 15.9 Å². The monoisotopic (exact) mass is 700 g/mol. The molecule has 2 bridgehead atoms. The SMILES string of the molecule is COC(=O)C1(S(=O)(=O)NC(=O)c2ccc3c(C4CCCCC4)c4n(c3c2)CC2(C(=O)N3C5CC3CN(C)C5)CC2c2cc(OC)ccc2-4)CC1. The molecular formula is C38H44N4O7S. The van der Waals surface area contributed by atoms with Gasteiger partial charge in [0, 0.05) is 59.7 Å². The van der Waals surface area contributed by atoms with Crippen LogP contribution in [0.3, 0.4) is 0 Å². The first kappa shape index (κ1) is 32.0. The molecule has 3 aliphatic carbocycles. The Labute approximate surface area is 292 Å². The van der Waals surface area contributed by atoms with Crippen molar-refractivity contribution < 1.29 is 32.3 Å². The summed E-state index contributed by atoms with van der Waals surface area (Å²) in [6.07, 6.45) is 7.61. The van der Waals surface area contributed by atoms with Gasteiger partial charge in [-0.05, 0) is 92.9 Å². The molecule has 9 rings (SSSR count). The highest BCUT2D eigenvalue weighted by Gasteiger charge is 2.66. The summed E-state index contributed by atoms with van der Waals surface area (Å²) >= 11 is 0. The average molecular weight is 701 g/mol. The number of aromatic nitrogens is 1. The first-order chi connectivity index (χ1) is 24.0. The second-order valence-electron chi connectivity index (χ2n) is 15.7. The first-order valence-corrected chi connectivity index (χ1v) is 19.5. The Morgan fingerprint density at radius 1 is 0.960 bits per heavy atom. The van der Waals surface area contributed by atoms with Gasteiger partial charge in [0.15, 0.2) is 4.75 Å². The quantitative estimate of drug-likeness (QED) is 0.357. The Kier molecular flexibility index (Phi) is 7.08. The van der Waals surface area contributed by atoms with Gasteiger partial charge in [0.05, 0.1) is 25.3 Å². The number of methoxy groups -OCH3 is 2. The van der Waals surface area contributed by atoms with E-state index in [0.29, 0.717) is 12.5 Å². The lowest BCUT2D eigenvalue weighted by Gasteiger charge is -2.56. The molecule has 1 N–H and O–H groups in total. The van der Waals surface area contributed by atoms with E-state index in [1.165, 1.54) is 12.0 Å². The highest BCUT2D eigenvalue weighted by atomic mass is 32.2. The van der Waals surface area contributed by atoms with Crippen molar-refractivity contribution in [3.05, 3.63) is 53.1 Å². The van der Waals surface area contributed by atoms with Crippen LogP contribution in [-0.2, 0) is 30.9 Å². The molecule has 3 saturated carbocycles. The number of rotatable bonds is 7. The topological polar surface area (TPSA) is 127 Å². The summed E-state index contributed by atoms with van der Waals surface area (Å²) in [7, 11) is 0.620. The minimum Gasteiger partial charge on any atom is -0.497 e. The molecule has 264 valence electrons. The van der Waals surface area contributed by atoms with Gasteiger partial charge < -0.3 is 23.8 Å². The molecule has 2 saturated heterocycles. The van der Waals surface area contributed by atoms with Crippen LogP contribution in [0.2, 0.25) is 0 Å². The summed E-state index contributed by atoms with van der Waals surface area (Å²) in [5.74, 6) is -0.301. The van der Waals surface area contributed by atoms with Gasteiger partial charge in [-0.1, -0.05) is 25.3 Å². The molecule has 3 aliphatic heterocycles. The molecule has 1 aromatic heterocycles. The summed E-state index contributed by atoms with van der Waals surface area (Å²) in [6.45, 7) is 2.25. The summed E-state index contributed by atoms with van der Waals surface area (Å²) in [4.78, 5) is 45.4. The van der Waals surface area contributed by atoms with Crippen molar-refractivity contribution in [2.24, 2.45) is 5.41 Å². The number of benzene rings is 2. The number of hydrogen-bond acceptors (Lipinski definition) is 8. The average Bonchev–Trinajstić information content (AvgIpc) is 4.03. The third kappa shape index (κ3) is 4.49. The summed E-state index contributed by atoms with van der Waals surface area (Å²) in [6, 6.07) is 12.1. The van der Waals surface area contributed by atoms with Crippen LogP contribution in [0.15, 0.2) is 36.4 Å². The second kappa shape index (κ2) is 11.0. The number of fused-ring (bicyclic) bond motifs is 9. The van der Waals surface area contributed by atoms with E-state index in [-0.39, 0.29) is 42.3 Å². The molecule has 11 nitrogen and oxygen atoms in total. The van der Waals surface area contributed by atoms with Crippen LogP contribution < -0.4 is 9.46 Å². The molecule has 0 radical (unpaired) electrons. The fourth-order valence-corrected chi connectivity index (χ4v) is 11.5. The number of likely N-dealkylation sites (N-methyl/N-ethyl adjacent to an activating group) is 1. The molecule has 4 atom stereocenters. The number of carbonyl (C=O) groups excluding carboxylic acids is 3. The van der Waals surface area contributed by atoms with E-state index in [0.717, 1.165) is 92.2 Å². The summed E-state index contributed by atoms with van der Waals surface area (Å²) in [5, 5.41) is 1.03. The smallest absolute Gasteiger partial charge is 0.329 e. The summed E-state index contributed by atoms with van der Waals surface area (Å²) < 4.78 is 39.9. The maximum Gasteiger partial charge on any atom is 0.329 e. The van der Waals surface area contributed by atoms with Crippen molar-refractivity contribution in [3.8, 4) is 17.0 Å². The lowest BCUT2D eigenvalue weighted by molar-refractivity contribution is -0.159. The van der Waals surface area contributed by atoms with Crippen LogP contribution in [0.25, 0.3) is 22.2 Å². The van der Waals surface area contributed by atoms with Gasteiger partial charge in [-0.15, -0.1) is 0 Å². The van der Waals surface area contributed by atoms with Gasteiger partial charge in [-0.25, -0.2) is 13.1 Å². The maximum absolute atomic E-state index is 14.8. The van der Waals surface area contributed by atoms with Crippen LogP contribution in [0.1, 0.15) is 91.1 Å². The highest BCUT2D eigenvalue weighted by molar-refractivity contribution is 7.92. The minimum atomic E-state index is -4.33. The van der Waals surface area contributed by atoms with Crippen LogP contribution in [0, 0.1) is 5.41 Å². The number of hydrogen-bond donors (Lipinski definition) is 1. The standard InChI is InChI=1S/C38H44N4O7S/c1-40-19-24-16-25(20-40)42(24)35(44)37-18-30(37)29-17-26(48-2)10-12-27(29)33-32(22-7-5-4-6-8-22)28-11-9-23(15-31(28)41(33)21-37)34(43)39-50(46,47)38(13-14-38)36(45)49-3/h9-12,15,17,22,24-25,30H,4-8,13-14,16,18-21H2,1-3H3,(H,39,43). The maximum atomic E-state index is 14.8. The third-order valence-corrected chi connectivity index (χ3v) is 14.9. The van der Waals surface area contributed by atoms with E-state index < -0.39 is 32.1 Å². The van der Waals surface area contributed by atoms with Crippen LogP contribution in [0.4, 0.5) is 0 Å². The zero-order valence-corrected chi connectivity index (χ0v) is 29.7. The fourth-order valence-electron chi connectivity index (χ4n) is 9.99. The predicted octanol–water partition coefficient (Wildman–Crippen LogP) is 4.53. The Morgan fingerprint density at radius 3 is 2.38 bits per heavy atom. The Morgan fingerprint density at radius 2 is 1.70 bits per heavy atom. The van der Waals surface area contributed by atoms with Crippen molar-refractivity contribution in [3.63, 3.8) is 0 Å². The number of piperidine rings is 1. The van der Waals surface area contributed by atoms with Gasteiger partial charge in [0.1, 0.15) is 5.75 Å². The lowest BCUT2D eigenvalue weighted by atomic mass is 9.81. The molecule has 2 aromatic carbocycles. The van der Waals surface area contributed by atoms with Gasteiger partial charge in [-0.2, -0.15) is 0 Å². The first-order valence-electron chi connectivity index (χ1n) is 18.0. The molecule has 0 spiro atoms. The molecule has 2 amide bonds. The number of esters is 1. The normalized spacial score (nSPS) is 28.0. The largest absolute Gasteiger partial charge is 0.497 e. The van der Waals surface area contributed by atoms with Gasteiger partial charge in [0.2, 0.25) is 5.91 Å². The number of amides is 2. The minimum absolute atomic E-state index is 0.0398. The molecule has 50 heavy (non-hydrogen) atoms. The van der Waals surface area contributed by atoms with Crippen LogP contribution in [-0.4, -0.2) is 91.8 Å². The van der Waals surface area contributed by atoms with Crippen molar-refractivity contribution in [1.29, 1.82) is 0 Å². The lowest BCUT2D eigenvalue weighted by Crippen LogP contribution is -2.70. The molecule has 12 heteroatoms. The number of carbonyl (C=O) groups is 3. The van der Waals surface area contributed by atoms with Crippen molar-refractivity contribution in [1.82, 2.24) is 19.1 Å². The number of likely N-dealkylation sites (tertiary alicyclic amines) is 2. The van der Waals surface area contributed by atoms with E-state index in [1.54, 1.807) is 19.2 Å². The Balaban J connectivity index is 1.19. The Hall–Kier alpha value is -3.90. The van der Waals surface area contributed by atoms with Crippen LogP contribution in [0.5, 0.6) is 5.75 Å². The number of sulfonamides is 1. The number of nitrogens with one attached hydrogen (secondary N) is 1. The zero-order chi connectivity index (χ0) is 34.7. The number of nitrogens with zero attached hydrogens (tertiary/aromatic N) is 3. The number of ether oxygens (including phenoxy) is 2. The van der Waals surface area contributed by atoms with Gasteiger partial charge >= 0.3 is 5.97 Å². The molecule has 4 heterocycles. The van der Waals surface area contributed by atoms with Crippen molar-refractivity contribution >= 4 is 38.7 Å². The molecule has 4 unspecified atom stereocenters. The Bertz CT molecular complexity index is 2070. The molecule has 6 aliphatic rings. The molecule has 5 fully saturated rings. The van der Waals surface area contributed by atoms with E-state index in [1.807, 2.05) is 12.1 Å². The predicted molar refractivity (Wildman–Crippen MR) is 186 cm³/mol. The van der Waals surface area contributed by atoms with Gasteiger partial charge in [-0.3, -0.25) is 14.4 Å². The van der Waals surface area contributed by atoms with Crippen molar-refractivity contribution in [2.45, 2.75) is 93.0 Å². The van der Waals surface area contributed by atoms with Crippen LogP contribution >= 0.6 is 0 Å². The zero-order valence-electron chi connectivity index (χ0n) is 28.9. The van der Waals surface area contributed by atoms with Crippen molar-refractivity contribution in [2.75, 3.05) is 34.4 Å². The van der Waals surface area contributed by atoms with E-state index >= 15 is 0 Å². The van der Waals surface area contributed by atoms with E-state index in [4.69, 9.17) is 9.47 Å². The van der Waals surface area contributed by atoms with E-state index in [9.17, 15) is 22.8 Å². The second-order valence-corrected chi connectivity index (χ2v) is 17.7. The molecule has 3 aromatic rings. The fraction of sp³-hybridized carbons (Fsp3) is 0.553. The van der Waals surface area contributed by atoms with E-state index in [2.05, 4.69) is 38.3 Å². The molecular weight excluding hydrogens is 657 g/mol. The number of piperazine rings is 1.